The first kappa shape index (κ1) is 19.4. The molecule has 0 aromatic heterocycles. The summed E-state index contributed by atoms with van der Waals surface area (Å²) in [4.78, 5) is 35.3. The second kappa shape index (κ2) is 9.56. The molecule has 0 bridgehead atoms. The molecule has 0 heterocycles. The van der Waals surface area contributed by atoms with Crippen molar-refractivity contribution in [2.75, 3.05) is 6.61 Å². The lowest BCUT2D eigenvalue weighted by molar-refractivity contribution is -0.147. The van der Waals surface area contributed by atoms with Crippen LogP contribution in [0.2, 0.25) is 0 Å². The second-order valence-corrected chi connectivity index (χ2v) is 7.27. The molecule has 0 spiro atoms. The molecule has 2 atom stereocenters. The van der Waals surface area contributed by atoms with Gasteiger partial charge in [-0.2, -0.15) is 0 Å². The fourth-order valence-corrected chi connectivity index (χ4v) is 3.13. The van der Waals surface area contributed by atoms with Gasteiger partial charge in [0.25, 0.3) is 5.91 Å². The van der Waals surface area contributed by atoms with Crippen LogP contribution in [0.3, 0.4) is 0 Å². The molecular weight excluding hydrogens is 388 g/mol. The Hall–Kier alpha value is -1.89. The lowest BCUT2D eigenvalue weighted by atomic mass is 9.86. The van der Waals surface area contributed by atoms with Crippen LogP contribution in [0.4, 0.5) is 4.79 Å². The molecule has 1 fully saturated rings. The minimum absolute atomic E-state index is 0.0757. The molecular formula is C18H23BrN2O4. The zero-order valence-corrected chi connectivity index (χ0v) is 15.8. The van der Waals surface area contributed by atoms with Gasteiger partial charge in [0.1, 0.15) is 0 Å². The molecule has 136 valence electrons. The molecule has 0 aliphatic heterocycles. The highest BCUT2D eigenvalue weighted by molar-refractivity contribution is 9.10. The molecule has 0 saturated heterocycles. The maximum absolute atomic E-state index is 11.8. The summed E-state index contributed by atoms with van der Waals surface area (Å²) in [7, 11) is 0. The summed E-state index contributed by atoms with van der Waals surface area (Å²) in [5, 5.41) is 5.02. The normalized spacial score (nSPS) is 19.8. The number of halogens is 1. The van der Waals surface area contributed by atoms with Gasteiger partial charge in [-0.15, -0.1) is 0 Å². The Morgan fingerprint density at radius 1 is 1.16 bits per heavy atom. The SMILES string of the molecule is C[C@H]1CCCC[C@H]1NC(=O)NC(=O)COC(=O)Cc1ccc(Br)cc1. The molecule has 2 rings (SSSR count). The quantitative estimate of drug-likeness (QED) is 0.730. The van der Waals surface area contributed by atoms with Gasteiger partial charge in [0.15, 0.2) is 6.61 Å². The third-order valence-electron chi connectivity index (χ3n) is 4.31. The van der Waals surface area contributed by atoms with E-state index in [1.54, 1.807) is 12.1 Å². The van der Waals surface area contributed by atoms with Crippen molar-refractivity contribution in [1.29, 1.82) is 0 Å². The smallest absolute Gasteiger partial charge is 0.321 e. The summed E-state index contributed by atoms with van der Waals surface area (Å²) in [6, 6.07) is 6.79. The van der Waals surface area contributed by atoms with Gasteiger partial charge in [-0.3, -0.25) is 14.9 Å². The van der Waals surface area contributed by atoms with Crippen LogP contribution in [0.5, 0.6) is 0 Å². The number of imide groups is 1. The number of carbonyl (C=O) groups is 3. The number of carbonyl (C=O) groups excluding carboxylic acids is 3. The van der Waals surface area contributed by atoms with Gasteiger partial charge in [-0.1, -0.05) is 47.8 Å². The van der Waals surface area contributed by atoms with Crippen LogP contribution in [0, 0.1) is 5.92 Å². The van der Waals surface area contributed by atoms with Crippen molar-refractivity contribution in [2.24, 2.45) is 5.92 Å². The Labute approximate surface area is 155 Å². The van der Waals surface area contributed by atoms with Gasteiger partial charge in [-0.25, -0.2) is 4.79 Å². The molecule has 3 amide bonds. The predicted octanol–water partition coefficient (Wildman–Crippen LogP) is 2.94. The summed E-state index contributed by atoms with van der Waals surface area (Å²) in [6.45, 7) is 1.62. The van der Waals surface area contributed by atoms with Crippen LogP contribution in [0.25, 0.3) is 0 Å². The van der Waals surface area contributed by atoms with E-state index in [1.807, 2.05) is 12.1 Å². The standard InChI is InChI=1S/C18H23BrN2O4/c1-12-4-2-3-5-15(12)20-18(24)21-16(22)11-25-17(23)10-13-6-8-14(19)9-7-13/h6-9,12,15H,2-5,10-11H2,1H3,(H2,20,21,22,24)/t12-,15+/m0/s1. The summed E-state index contributed by atoms with van der Waals surface area (Å²) < 4.78 is 5.83. The van der Waals surface area contributed by atoms with Crippen LogP contribution < -0.4 is 10.6 Å². The van der Waals surface area contributed by atoms with E-state index in [-0.39, 0.29) is 12.5 Å². The molecule has 25 heavy (non-hydrogen) atoms. The Morgan fingerprint density at radius 2 is 1.84 bits per heavy atom. The van der Waals surface area contributed by atoms with E-state index in [1.165, 1.54) is 6.42 Å². The average molecular weight is 411 g/mol. The maximum atomic E-state index is 11.8. The fourth-order valence-electron chi connectivity index (χ4n) is 2.86. The zero-order valence-electron chi connectivity index (χ0n) is 14.2. The van der Waals surface area contributed by atoms with Crippen LogP contribution >= 0.6 is 15.9 Å². The van der Waals surface area contributed by atoms with Crippen molar-refractivity contribution >= 4 is 33.8 Å². The van der Waals surface area contributed by atoms with Crippen molar-refractivity contribution in [1.82, 2.24) is 10.6 Å². The fraction of sp³-hybridized carbons (Fsp3) is 0.500. The molecule has 1 saturated carbocycles. The third kappa shape index (κ3) is 6.86. The van der Waals surface area contributed by atoms with Crippen LogP contribution in [-0.2, 0) is 20.7 Å². The van der Waals surface area contributed by atoms with Crippen molar-refractivity contribution in [3.05, 3.63) is 34.3 Å². The molecule has 7 heteroatoms. The van der Waals surface area contributed by atoms with E-state index >= 15 is 0 Å². The van der Waals surface area contributed by atoms with E-state index in [9.17, 15) is 14.4 Å². The van der Waals surface area contributed by atoms with E-state index < -0.39 is 24.5 Å². The number of ether oxygens (including phenoxy) is 1. The first-order valence-corrected chi connectivity index (χ1v) is 9.24. The first-order chi connectivity index (χ1) is 11.9. The van der Waals surface area contributed by atoms with Gasteiger partial charge in [-0.05, 0) is 36.5 Å². The summed E-state index contributed by atoms with van der Waals surface area (Å²) >= 11 is 3.32. The Balaban J connectivity index is 1.68. The van der Waals surface area contributed by atoms with Crippen LogP contribution in [0.1, 0.15) is 38.2 Å². The molecule has 0 radical (unpaired) electrons. The molecule has 6 nitrogen and oxygen atoms in total. The number of amides is 3. The monoisotopic (exact) mass is 410 g/mol. The van der Waals surface area contributed by atoms with Gasteiger partial charge in [0.05, 0.1) is 6.42 Å². The maximum Gasteiger partial charge on any atom is 0.321 e. The van der Waals surface area contributed by atoms with Crippen molar-refractivity contribution < 1.29 is 19.1 Å². The van der Waals surface area contributed by atoms with E-state index in [0.717, 1.165) is 29.3 Å². The summed E-state index contributed by atoms with van der Waals surface area (Å²) in [6.07, 6.45) is 4.33. The molecule has 1 aliphatic rings. The molecule has 1 aromatic rings. The van der Waals surface area contributed by atoms with Crippen LogP contribution in [0.15, 0.2) is 28.7 Å². The minimum Gasteiger partial charge on any atom is -0.455 e. The van der Waals surface area contributed by atoms with E-state index in [0.29, 0.717) is 5.92 Å². The largest absolute Gasteiger partial charge is 0.455 e. The zero-order chi connectivity index (χ0) is 18.2. The molecule has 1 aliphatic carbocycles. The van der Waals surface area contributed by atoms with Gasteiger partial charge < -0.3 is 10.1 Å². The lowest BCUT2D eigenvalue weighted by Crippen LogP contribution is -2.48. The Morgan fingerprint density at radius 3 is 2.52 bits per heavy atom. The Bertz CT molecular complexity index is 618. The van der Waals surface area contributed by atoms with Gasteiger partial charge in [0.2, 0.25) is 0 Å². The highest BCUT2D eigenvalue weighted by Crippen LogP contribution is 2.23. The number of rotatable bonds is 5. The topological polar surface area (TPSA) is 84.5 Å². The van der Waals surface area contributed by atoms with Gasteiger partial charge >= 0.3 is 12.0 Å². The van der Waals surface area contributed by atoms with Crippen molar-refractivity contribution in [3.8, 4) is 0 Å². The Kier molecular flexibility index (Phi) is 7.43. The summed E-state index contributed by atoms with van der Waals surface area (Å²) in [5.74, 6) is -0.748. The molecule has 2 N–H and O–H groups in total. The van der Waals surface area contributed by atoms with E-state index in [4.69, 9.17) is 4.74 Å². The first-order valence-electron chi connectivity index (χ1n) is 8.44. The molecule has 0 unspecified atom stereocenters. The summed E-state index contributed by atoms with van der Waals surface area (Å²) in [5.41, 5.74) is 0.789. The number of nitrogens with one attached hydrogen (secondary N) is 2. The molecule has 1 aromatic carbocycles. The highest BCUT2D eigenvalue weighted by atomic mass is 79.9. The minimum atomic E-state index is -0.634. The third-order valence-corrected chi connectivity index (χ3v) is 4.84. The number of hydrogen-bond donors (Lipinski definition) is 2. The number of hydrogen-bond acceptors (Lipinski definition) is 4. The number of benzene rings is 1. The predicted molar refractivity (Wildman–Crippen MR) is 96.9 cm³/mol. The number of urea groups is 1. The van der Waals surface area contributed by atoms with E-state index in [2.05, 4.69) is 33.5 Å². The highest BCUT2D eigenvalue weighted by Gasteiger charge is 2.23. The van der Waals surface area contributed by atoms with Crippen molar-refractivity contribution in [3.63, 3.8) is 0 Å². The second-order valence-electron chi connectivity index (χ2n) is 6.35. The average Bonchev–Trinajstić information content (AvgIpc) is 2.57. The van der Waals surface area contributed by atoms with Gasteiger partial charge in [0, 0.05) is 10.5 Å². The van der Waals surface area contributed by atoms with Crippen LogP contribution in [-0.4, -0.2) is 30.6 Å². The number of esters is 1. The lowest BCUT2D eigenvalue weighted by Gasteiger charge is -2.29. The van der Waals surface area contributed by atoms with Crippen molar-refractivity contribution in [2.45, 2.75) is 45.1 Å².